The maximum Gasteiger partial charge on any atom is 0.164 e. The quantitative estimate of drug-likeness (QED) is 0.778. The molecule has 2 atom stereocenters. The molecule has 130 valence electrons. The summed E-state index contributed by atoms with van der Waals surface area (Å²) in [4.78, 5) is 14.9. The highest BCUT2D eigenvalue weighted by Gasteiger charge is 2.39. The zero-order valence-electron chi connectivity index (χ0n) is 14.1. The van der Waals surface area contributed by atoms with Crippen LogP contribution in [0.3, 0.4) is 0 Å². The van der Waals surface area contributed by atoms with Crippen molar-refractivity contribution in [2.45, 2.75) is 25.1 Å². The lowest BCUT2D eigenvalue weighted by atomic mass is 9.96. The number of fused-ring (bicyclic) bond motifs is 3. The highest BCUT2D eigenvalue weighted by molar-refractivity contribution is 6.30. The summed E-state index contributed by atoms with van der Waals surface area (Å²) in [5.74, 6) is 0.888. The van der Waals surface area contributed by atoms with E-state index in [9.17, 15) is 4.79 Å². The molecule has 4 nitrogen and oxygen atoms in total. The fourth-order valence-electron chi connectivity index (χ4n) is 3.71. The fourth-order valence-corrected chi connectivity index (χ4v) is 3.89. The molecule has 0 N–H and O–H groups in total. The molecule has 0 spiro atoms. The van der Waals surface area contributed by atoms with Gasteiger partial charge in [-0.3, -0.25) is 9.69 Å². The topological polar surface area (TPSA) is 38.8 Å². The van der Waals surface area contributed by atoms with E-state index < -0.39 is 0 Å². The number of nitrogens with zero attached hydrogens (tertiary/aromatic N) is 1. The molecule has 2 heterocycles. The second-order valence-corrected chi connectivity index (χ2v) is 6.96. The van der Waals surface area contributed by atoms with E-state index in [4.69, 9.17) is 21.1 Å². The third-order valence-corrected chi connectivity index (χ3v) is 5.30. The van der Waals surface area contributed by atoms with Crippen molar-refractivity contribution in [3.05, 3.63) is 64.2 Å². The highest BCUT2D eigenvalue weighted by atomic mass is 35.5. The number of hydrogen-bond donors (Lipinski definition) is 0. The molecule has 2 aromatic rings. The third-order valence-electron chi connectivity index (χ3n) is 5.06. The molecule has 25 heavy (non-hydrogen) atoms. The van der Waals surface area contributed by atoms with Crippen molar-refractivity contribution in [1.29, 1.82) is 0 Å². The molecule has 0 radical (unpaired) electrons. The van der Waals surface area contributed by atoms with Crippen molar-refractivity contribution in [2.24, 2.45) is 0 Å². The summed E-state index contributed by atoms with van der Waals surface area (Å²) in [7, 11) is 1.62. The van der Waals surface area contributed by atoms with Crippen LogP contribution in [0.15, 0.2) is 42.5 Å². The van der Waals surface area contributed by atoms with Gasteiger partial charge in [0, 0.05) is 35.2 Å². The van der Waals surface area contributed by atoms with Gasteiger partial charge in [-0.2, -0.15) is 0 Å². The molecular formula is C20H20ClNO3. The first-order valence-electron chi connectivity index (χ1n) is 8.48. The van der Waals surface area contributed by atoms with Crippen molar-refractivity contribution >= 4 is 17.4 Å². The average Bonchev–Trinajstić information content (AvgIpc) is 3.05. The molecule has 0 aliphatic carbocycles. The summed E-state index contributed by atoms with van der Waals surface area (Å²) in [6, 6.07) is 13.4. The van der Waals surface area contributed by atoms with Crippen molar-refractivity contribution in [2.75, 3.05) is 20.3 Å². The van der Waals surface area contributed by atoms with Crippen molar-refractivity contribution in [3.63, 3.8) is 0 Å². The second kappa shape index (κ2) is 6.79. The zero-order chi connectivity index (χ0) is 17.4. The maximum atomic E-state index is 12.6. The Balaban J connectivity index is 1.49. The number of carbonyl (C=O) groups excluding carboxylic acids is 1. The Hall–Kier alpha value is -1.88. The van der Waals surface area contributed by atoms with Crippen LogP contribution in [0, 0.1) is 0 Å². The fraction of sp³-hybridized carbons (Fsp3) is 0.350. The molecule has 2 aliphatic rings. The van der Waals surface area contributed by atoms with Crippen LogP contribution in [-0.4, -0.2) is 37.0 Å². The Bertz CT molecular complexity index is 790. The van der Waals surface area contributed by atoms with Crippen LogP contribution in [-0.2, 0) is 11.2 Å². The van der Waals surface area contributed by atoms with E-state index in [-0.39, 0.29) is 18.1 Å². The number of Topliss-reactive ketones (excluding diaryl/α,β-unsaturated/α-hetero) is 1. The van der Waals surface area contributed by atoms with Crippen LogP contribution in [0.2, 0.25) is 5.02 Å². The average molecular weight is 358 g/mol. The van der Waals surface area contributed by atoms with Gasteiger partial charge >= 0.3 is 0 Å². The lowest BCUT2D eigenvalue weighted by molar-refractivity contribution is 0.0216. The molecule has 2 aromatic carbocycles. The molecule has 4 rings (SSSR count). The summed E-state index contributed by atoms with van der Waals surface area (Å²) in [6.45, 7) is 1.47. The van der Waals surface area contributed by atoms with Crippen LogP contribution >= 0.6 is 11.6 Å². The first-order chi connectivity index (χ1) is 12.2. The van der Waals surface area contributed by atoms with Gasteiger partial charge in [-0.05, 0) is 48.4 Å². The second-order valence-electron chi connectivity index (χ2n) is 6.53. The van der Waals surface area contributed by atoms with Gasteiger partial charge < -0.3 is 9.47 Å². The number of ether oxygens (including phenoxy) is 2. The standard InChI is InChI=1S/C20H20ClNO3/c1-24-17-6-3-14(4-7-17)19(23)11-16-12-25-20-18-10-15(21)5-2-13(18)8-9-22(16)20/h2-7,10,16,20H,8-9,11-12H2,1H3/t16-,20+/m1/s1. The molecule has 0 saturated carbocycles. The third kappa shape index (κ3) is 3.17. The number of rotatable bonds is 4. The Labute approximate surface area is 152 Å². The Kier molecular flexibility index (Phi) is 4.50. The molecule has 0 aromatic heterocycles. The zero-order valence-corrected chi connectivity index (χ0v) is 14.8. The molecule has 2 aliphatic heterocycles. The molecule has 1 fully saturated rings. The van der Waals surface area contributed by atoms with Crippen LogP contribution in [0.5, 0.6) is 5.75 Å². The Morgan fingerprint density at radius 1 is 1.28 bits per heavy atom. The summed E-state index contributed by atoms with van der Waals surface area (Å²) in [5.41, 5.74) is 3.13. The predicted molar refractivity (Wildman–Crippen MR) is 96.3 cm³/mol. The van der Waals surface area contributed by atoms with Gasteiger partial charge in [0.2, 0.25) is 0 Å². The van der Waals surface area contributed by atoms with E-state index in [2.05, 4.69) is 11.0 Å². The summed E-state index contributed by atoms with van der Waals surface area (Å²) in [6.07, 6.45) is 1.33. The Morgan fingerprint density at radius 2 is 2.08 bits per heavy atom. The van der Waals surface area contributed by atoms with Gasteiger partial charge in [0.15, 0.2) is 5.78 Å². The summed E-state index contributed by atoms with van der Waals surface area (Å²) in [5, 5.41) is 0.724. The SMILES string of the molecule is COc1ccc(C(=O)C[C@@H]2CO[C@H]3c4cc(Cl)ccc4CCN23)cc1. The van der Waals surface area contributed by atoms with Crippen LogP contribution < -0.4 is 4.74 Å². The monoisotopic (exact) mass is 357 g/mol. The Morgan fingerprint density at radius 3 is 2.84 bits per heavy atom. The first kappa shape index (κ1) is 16.6. The molecule has 0 amide bonds. The molecule has 1 saturated heterocycles. The minimum atomic E-state index is -0.0869. The van der Waals surface area contributed by atoms with Crippen LogP contribution in [0.1, 0.15) is 34.1 Å². The number of ketones is 1. The predicted octanol–water partition coefficient (Wildman–Crippen LogP) is 3.88. The maximum absolute atomic E-state index is 12.6. The van der Waals surface area contributed by atoms with Crippen molar-refractivity contribution in [3.8, 4) is 5.75 Å². The van der Waals surface area contributed by atoms with Gasteiger partial charge in [-0.25, -0.2) is 0 Å². The van der Waals surface area contributed by atoms with E-state index in [1.807, 2.05) is 36.4 Å². The summed E-state index contributed by atoms with van der Waals surface area (Å²) < 4.78 is 11.2. The van der Waals surface area contributed by atoms with Gasteiger partial charge in [0.1, 0.15) is 12.0 Å². The minimum Gasteiger partial charge on any atom is -0.497 e. The minimum absolute atomic E-state index is 0.0869. The first-order valence-corrected chi connectivity index (χ1v) is 8.86. The molecule has 0 bridgehead atoms. The number of benzene rings is 2. The smallest absolute Gasteiger partial charge is 0.164 e. The number of halogens is 1. The lowest BCUT2D eigenvalue weighted by Crippen LogP contribution is -2.39. The van der Waals surface area contributed by atoms with Crippen LogP contribution in [0.4, 0.5) is 0 Å². The lowest BCUT2D eigenvalue weighted by Gasteiger charge is -2.33. The van der Waals surface area contributed by atoms with E-state index >= 15 is 0 Å². The number of carbonyl (C=O) groups is 1. The molecule has 0 unspecified atom stereocenters. The van der Waals surface area contributed by atoms with Gasteiger partial charge in [-0.15, -0.1) is 0 Å². The van der Waals surface area contributed by atoms with E-state index in [0.717, 1.165) is 29.3 Å². The molecule has 5 heteroatoms. The van der Waals surface area contributed by atoms with Crippen molar-refractivity contribution < 1.29 is 14.3 Å². The largest absolute Gasteiger partial charge is 0.497 e. The van der Waals surface area contributed by atoms with Crippen molar-refractivity contribution in [1.82, 2.24) is 4.90 Å². The van der Waals surface area contributed by atoms with E-state index in [1.54, 1.807) is 7.11 Å². The summed E-state index contributed by atoms with van der Waals surface area (Å²) >= 11 is 6.15. The molecular weight excluding hydrogens is 338 g/mol. The number of hydrogen-bond acceptors (Lipinski definition) is 4. The highest BCUT2D eigenvalue weighted by Crippen LogP contribution is 2.38. The van der Waals surface area contributed by atoms with Gasteiger partial charge in [0.05, 0.1) is 13.7 Å². The van der Waals surface area contributed by atoms with E-state index in [0.29, 0.717) is 18.6 Å². The van der Waals surface area contributed by atoms with E-state index in [1.165, 1.54) is 5.56 Å². The normalized spacial score (nSPS) is 22.3. The van der Waals surface area contributed by atoms with Crippen LogP contribution in [0.25, 0.3) is 0 Å². The number of methoxy groups -OCH3 is 1. The van der Waals surface area contributed by atoms with Gasteiger partial charge in [0.25, 0.3) is 0 Å². The van der Waals surface area contributed by atoms with Gasteiger partial charge in [-0.1, -0.05) is 17.7 Å².